The molecule has 3 rings (SSSR count). The van der Waals surface area contributed by atoms with Gasteiger partial charge in [-0.05, 0) is 43.9 Å². The molecule has 0 radical (unpaired) electrons. The van der Waals surface area contributed by atoms with Crippen LogP contribution in [0.1, 0.15) is 31.2 Å². The molecule has 1 aliphatic heterocycles. The number of carbonyl (C=O) groups is 3. The summed E-state index contributed by atoms with van der Waals surface area (Å²) in [6, 6.07) is 7.61. The molecule has 126 valence electrons. The second-order valence-electron chi connectivity index (χ2n) is 6.51. The van der Waals surface area contributed by atoms with Crippen LogP contribution >= 0.6 is 0 Å². The van der Waals surface area contributed by atoms with Gasteiger partial charge in [0.1, 0.15) is 0 Å². The molecule has 1 N–H and O–H groups in total. The Bertz CT molecular complexity index is 670. The van der Waals surface area contributed by atoms with E-state index in [1.807, 2.05) is 43.3 Å². The Kier molecular flexibility index (Phi) is 4.79. The van der Waals surface area contributed by atoms with E-state index in [2.05, 4.69) is 5.32 Å². The number of rotatable bonds is 5. The smallest absolute Gasteiger partial charge is 0.233 e. The number of hydrogen-bond acceptors (Lipinski definition) is 3. The van der Waals surface area contributed by atoms with Gasteiger partial charge in [-0.25, -0.2) is 0 Å². The SMILES string of the molecule is Cc1cccc(NC(=O)CCCN2C(=O)[C@H]3CC=CC[C@@H]3C2=O)c1. The Balaban J connectivity index is 1.49. The third kappa shape index (κ3) is 3.40. The minimum atomic E-state index is -0.191. The third-order valence-electron chi connectivity index (χ3n) is 4.69. The first-order valence-corrected chi connectivity index (χ1v) is 8.43. The second-order valence-corrected chi connectivity index (χ2v) is 6.51. The fourth-order valence-electron chi connectivity index (χ4n) is 3.43. The van der Waals surface area contributed by atoms with E-state index in [-0.39, 0.29) is 29.6 Å². The van der Waals surface area contributed by atoms with E-state index in [4.69, 9.17) is 0 Å². The highest BCUT2D eigenvalue weighted by molar-refractivity contribution is 6.05. The van der Waals surface area contributed by atoms with Crippen molar-refractivity contribution in [3.8, 4) is 0 Å². The van der Waals surface area contributed by atoms with Crippen molar-refractivity contribution in [2.45, 2.75) is 32.6 Å². The summed E-state index contributed by atoms with van der Waals surface area (Å²) in [5.74, 6) is -0.632. The molecule has 0 aromatic heterocycles. The van der Waals surface area contributed by atoms with Gasteiger partial charge < -0.3 is 5.32 Å². The molecule has 0 unspecified atom stereocenters. The molecule has 5 heteroatoms. The van der Waals surface area contributed by atoms with Crippen LogP contribution < -0.4 is 5.32 Å². The molecule has 1 aromatic rings. The predicted octanol–water partition coefficient (Wildman–Crippen LogP) is 2.66. The summed E-state index contributed by atoms with van der Waals surface area (Å²) >= 11 is 0. The van der Waals surface area contributed by atoms with Crippen molar-refractivity contribution in [1.29, 1.82) is 0 Å². The Morgan fingerprint density at radius 1 is 1.17 bits per heavy atom. The van der Waals surface area contributed by atoms with E-state index in [0.29, 0.717) is 32.2 Å². The van der Waals surface area contributed by atoms with Crippen molar-refractivity contribution in [3.63, 3.8) is 0 Å². The number of nitrogens with one attached hydrogen (secondary N) is 1. The normalized spacial score (nSPS) is 22.6. The summed E-state index contributed by atoms with van der Waals surface area (Å²) in [4.78, 5) is 38.0. The second kappa shape index (κ2) is 6.99. The maximum absolute atomic E-state index is 12.3. The zero-order valence-corrected chi connectivity index (χ0v) is 13.8. The van der Waals surface area contributed by atoms with Crippen molar-refractivity contribution in [1.82, 2.24) is 4.90 Å². The van der Waals surface area contributed by atoms with Crippen LogP contribution in [-0.2, 0) is 14.4 Å². The van der Waals surface area contributed by atoms with Crippen molar-refractivity contribution >= 4 is 23.4 Å². The standard InChI is InChI=1S/C19H22N2O3/c1-13-6-4-7-14(12-13)20-17(22)10-5-11-21-18(23)15-8-2-3-9-16(15)19(21)24/h2-4,6-7,12,15-16H,5,8-11H2,1H3,(H,20,22)/t15-,16-/m0/s1. The number of carbonyl (C=O) groups excluding carboxylic acids is 3. The average Bonchev–Trinajstić information content (AvgIpc) is 2.80. The van der Waals surface area contributed by atoms with Gasteiger partial charge in [-0.3, -0.25) is 19.3 Å². The molecular weight excluding hydrogens is 304 g/mol. The minimum absolute atomic E-state index is 0.0755. The molecule has 1 fully saturated rings. The van der Waals surface area contributed by atoms with Gasteiger partial charge in [0.15, 0.2) is 0 Å². The number of likely N-dealkylation sites (tertiary alicyclic amines) is 1. The number of allylic oxidation sites excluding steroid dienone is 2. The number of nitrogens with zero attached hydrogens (tertiary/aromatic N) is 1. The number of anilines is 1. The summed E-state index contributed by atoms with van der Waals surface area (Å²) in [6.07, 6.45) is 6.04. The van der Waals surface area contributed by atoms with Gasteiger partial charge in [0.2, 0.25) is 17.7 Å². The molecule has 1 aromatic carbocycles. The Morgan fingerprint density at radius 3 is 2.46 bits per heavy atom. The van der Waals surface area contributed by atoms with Crippen molar-refractivity contribution in [2.24, 2.45) is 11.8 Å². The Morgan fingerprint density at radius 2 is 1.83 bits per heavy atom. The number of benzene rings is 1. The van der Waals surface area contributed by atoms with Crippen molar-refractivity contribution in [3.05, 3.63) is 42.0 Å². The lowest BCUT2D eigenvalue weighted by Crippen LogP contribution is -2.32. The fraction of sp³-hybridized carbons (Fsp3) is 0.421. The first-order valence-electron chi connectivity index (χ1n) is 8.43. The van der Waals surface area contributed by atoms with Gasteiger partial charge >= 0.3 is 0 Å². The molecule has 0 saturated carbocycles. The van der Waals surface area contributed by atoms with E-state index in [0.717, 1.165) is 11.3 Å². The van der Waals surface area contributed by atoms with E-state index in [1.54, 1.807) is 0 Å². The maximum Gasteiger partial charge on any atom is 0.233 e. The van der Waals surface area contributed by atoms with Crippen LogP contribution in [0.2, 0.25) is 0 Å². The first-order chi connectivity index (χ1) is 11.6. The Labute approximate surface area is 141 Å². The van der Waals surface area contributed by atoms with E-state index in [9.17, 15) is 14.4 Å². The highest BCUT2D eigenvalue weighted by atomic mass is 16.2. The van der Waals surface area contributed by atoms with E-state index >= 15 is 0 Å². The van der Waals surface area contributed by atoms with Crippen LogP contribution in [-0.4, -0.2) is 29.2 Å². The summed E-state index contributed by atoms with van der Waals surface area (Å²) in [7, 11) is 0. The minimum Gasteiger partial charge on any atom is -0.326 e. The largest absolute Gasteiger partial charge is 0.326 e. The summed E-state index contributed by atoms with van der Waals surface area (Å²) in [5, 5.41) is 2.84. The number of imide groups is 1. The molecule has 0 bridgehead atoms. The molecule has 3 amide bonds. The third-order valence-corrected chi connectivity index (χ3v) is 4.69. The molecule has 1 saturated heterocycles. The molecule has 0 spiro atoms. The van der Waals surface area contributed by atoms with Gasteiger partial charge in [0, 0.05) is 18.7 Å². The van der Waals surface area contributed by atoms with E-state index < -0.39 is 0 Å². The quantitative estimate of drug-likeness (QED) is 0.668. The number of hydrogen-bond donors (Lipinski definition) is 1. The number of aryl methyl sites for hydroxylation is 1. The Hall–Kier alpha value is -2.43. The molecule has 24 heavy (non-hydrogen) atoms. The molecule has 1 aliphatic carbocycles. The van der Waals surface area contributed by atoms with Crippen LogP contribution in [0.15, 0.2) is 36.4 Å². The van der Waals surface area contributed by atoms with Crippen LogP contribution in [0.25, 0.3) is 0 Å². The highest BCUT2D eigenvalue weighted by Crippen LogP contribution is 2.35. The van der Waals surface area contributed by atoms with Crippen LogP contribution in [0.4, 0.5) is 5.69 Å². The monoisotopic (exact) mass is 326 g/mol. The summed E-state index contributed by atoms with van der Waals surface area (Å²) in [6.45, 7) is 2.29. The summed E-state index contributed by atoms with van der Waals surface area (Å²) in [5.41, 5.74) is 1.85. The highest BCUT2D eigenvalue weighted by Gasteiger charge is 2.46. The van der Waals surface area contributed by atoms with Gasteiger partial charge in [-0.1, -0.05) is 24.3 Å². The summed E-state index contributed by atoms with van der Waals surface area (Å²) < 4.78 is 0. The van der Waals surface area contributed by atoms with Crippen molar-refractivity contribution < 1.29 is 14.4 Å². The lowest BCUT2D eigenvalue weighted by atomic mass is 9.85. The average molecular weight is 326 g/mol. The maximum atomic E-state index is 12.3. The zero-order valence-electron chi connectivity index (χ0n) is 13.8. The molecule has 2 aliphatic rings. The molecule has 2 atom stereocenters. The number of amides is 3. The van der Waals surface area contributed by atoms with Gasteiger partial charge in [-0.2, -0.15) is 0 Å². The topological polar surface area (TPSA) is 66.5 Å². The van der Waals surface area contributed by atoms with Gasteiger partial charge in [-0.15, -0.1) is 0 Å². The van der Waals surface area contributed by atoms with Gasteiger partial charge in [0.25, 0.3) is 0 Å². The van der Waals surface area contributed by atoms with Crippen LogP contribution in [0.5, 0.6) is 0 Å². The lowest BCUT2D eigenvalue weighted by molar-refractivity contribution is -0.140. The molecule has 1 heterocycles. The van der Waals surface area contributed by atoms with Crippen LogP contribution in [0, 0.1) is 18.8 Å². The van der Waals surface area contributed by atoms with Gasteiger partial charge in [0.05, 0.1) is 11.8 Å². The zero-order chi connectivity index (χ0) is 17.1. The molecule has 5 nitrogen and oxygen atoms in total. The van der Waals surface area contributed by atoms with Crippen molar-refractivity contribution in [2.75, 3.05) is 11.9 Å². The first kappa shape index (κ1) is 16.4. The van der Waals surface area contributed by atoms with E-state index in [1.165, 1.54) is 4.90 Å². The fourth-order valence-corrected chi connectivity index (χ4v) is 3.43. The lowest BCUT2D eigenvalue weighted by Gasteiger charge is -2.14. The number of fused-ring (bicyclic) bond motifs is 1. The van der Waals surface area contributed by atoms with Crippen LogP contribution in [0.3, 0.4) is 0 Å². The predicted molar refractivity (Wildman–Crippen MR) is 91.1 cm³/mol. The molecular formula is C19H22N2O3.